The maximum atomic E-state index is 12.8. The van der Waals surface area contributed by atoms with Gasteiger partial charge in [0.15, 0.2) is 0 Å². The van der Waals surface area contributed by atoms with Crippen LogP contribution >= 0.6 is 0 Å². The van der Waals surface area contributed by atoms with E-state index in [1.54, 1.807) is 0 Å². The first-order chi connectivity index (χ1) is 13.7. The van der Waals surface area contributed by atoms with Gasteiger partial charge in [-0.05, 0) is 25.3 Å². The number of hydrogen-bond acceptors (Lipinski definition) is 4. The van der Waals surface area contributed by atoms with Gasteiger partial charge in [-0.15, -0.1) is 0 Å². The minimum absolute atomic E-state index is 0.168. The standard InChI is InChI=1S/C23H27N3O2/c1-3-18(2)26(22(27)15-14-19-10-6-4-7-11-19)17-16-21-24-23(25-28-21)20-12-8-5-9-13-20/h4-13,18H,3,14-17H2,1-2H3/t18-/m1/s1. The minimum Gasteiger partial charge on any atom is -0.339 e. The van der Waals surface area contributed by atoms with Gasteiger partial charge in [0.1, 0.15) is 0 Å². The molecule has 1 amide bonds. The van der Waals surface area contributed by atoms with Gasteiger partial charge in [-0.3, -0.25) is 4.79 Å². The van der Waals surface area contributed by atoms with Crippen LogP contribution in [-0.4, -0.2) is 33.5 Å². The Morgan fingerprint density at radius 2 is 1.71 bits per heavy atom. The molecule has 3 aromatic rings. The molecule has 0 saturated heterocycles. The maximum Gasteiger partial charge on any atom is 0.228 e. The molecule has 28 heavy (non-hydrogen) atoms. The molecule has 1 atom stereocenters. The van der Waals surface area contributed by atoms with Gasteiger partial charge in [0, 0.05) is 31.0 Å². The number of aryl methyl sites for hydroxylation is 1. The van der Waals surface area contributed by atoms with Crippen molar-refractivity contribution in [1.82, 2.24) is 15.0 Å². The van der Waals surface area contributed by atoms with Gasteiger partial charge in [-0.2, -0.15) is 4.98 Å². The SMILES string of the molecule is CC[C@@H](C)N(CCc1nc(-c2ccccc2)no1)C(=O)CCc1ccccc1. The number of aromatic nitrogens is 2. The Hall–Kier alpha value is -2.95. The molecule has 0 fully saturated rings. The van der Waals surface area contributed by atoms with Gasteiger partial charge in [-0.1, -0.05) is 72.7 Å². The fraction of sp³-hybridized carbons (Fsp3) is 0.348. The number of amides is 1. The highest BCUT2D eigenvalue weighted by molar-refractivity contribution is 5.76. The van der Waals surface area contributed by atoms with Crippen LogP contribution in [0.3, 0.4) is 0 Å². The van der Waals surface area contributed by atoms with Crippen LogP contribution in [0.25, 0.3) is 11.4 Å². The second kappa shape index (κ2) is 9.83. The summed E-state index contributed by atoms with van der Waals surface area (Å²) in [5, 5.41) is 4.06. The Morgan fingerprint density at radius 3 is 2.39 bits per heavy atom. The smallest absolute Gasteiger partial charge is 0.228 e. The van der Waals surface area contributed by atoms with Crippen molar-refractivity contribution in [2.75, 3.05) is 6.54 Å². The van der Waals surface area contributed by atoms with Crippen molar-refractivity contribution in [1.29, 1.82) is 0 Å². The quantitative estimate of drug-likeness (QED) is 0.549. The van der Waals surface area contributed by atoms with Gasteiger partial charge in [0.2, 0.25) is 17.6 Å². The lowest BCUT2D eigenvalue weighted by atomic mass is 10.1. The molecule has 2 aromatic carbocycles. The van der Waals surface area contributed by atoms with E-state index in [0.717, 1.165) is 18.4 Å². The van der Waals surface area contributed by atoms with Crippen LogP contribution < -0.4 is 0 Å². The number of carbonyl (C=O) groups excluding carboxylic acids is 1. The van der Waals surface area contributed by atoms with Crippen LogP contribution in [0, 0.1) is 0 Å². The molecule has 0 N–H and O–H groups in total. The molecule has 1 heterocycles. The molecule has 3 rings (SSSR count). The fourth-order valence-electron chi connectivity index (χ4n) is 3.13. The van der Waals surface area contributed by atoms with Gasteiger partial charge in [0.25, 0.3) is 0 Å². The largest absolute Gasteiger partial charge is 0.339 e. The zero-order valence-electron chi connectivity index (χ0n) is 16.5. The van der Waals surface area contributed by atoms with E-state index in [1.807, 2.05) is 53.4 Å². The summed E-state index contributed by atoms with van der Waals surface area (Å²) in [6.45, 7) is 4.77. The fourth-order valence-corrected chi connectivity index (χ4v) is 3.13. The van der Waals surface area contributed by atoms with Crippen molar-refractivity contribution in [3.8, 4) is 11.4 Å². The molecule has 0 saturated carbocycles. The highest BCUT2D eigenvalue weighted by Gasteiger charge is 2.20. The first-order valence-corrected chi connectivity index (χ1v) is 9.88. The Bertz CT molecular complexity index is 862. The molecule has 1 aromatic heterocycles. The normalized spacial score (nSPS) is 11.9. The van der Waals surface area contributed by atoms with Crippen LogP contribution in [0.2, 0.25) is 0 Å². The van der Waals surface area contributed by atoms with Crippen molar-refractivity contribution in [2.24, 2.45) is 0 Å². The number of carbonyl (C=O) groups is 1. The third-order valence-corrected chi connectivity index (χ3v) is 4.98. The highest BCUT2D eigenvalue weighted by Crippen LogP contribution is 2.16. The summed E-state index contributed by atoms with van der Waals surface area (Å²) in [5.41, 5.74) is 2.11. The molecule has 5 heteroatoms. The van der Waals surface area contributed by atoms with Crippen molar-refractivity contribution < 1.29 is 9.32 Å². The molecule has 146 valence electrons. The van der Waals surface area contributed by atoms with Crippen molar-refractivity contribution in [3.05, 3.63) is 72.1 Å². The number of benzene rings is 2. The zero-order chi connectivity index (χ0) is 19.8. The summed E-state index contributed by atoms with van der Waals surface area (Å²) < 4.78 is 5.39. The number of rotatable bonds is 9. The third kappa shape index (κ3) is 5.28. The lowest BCUT2D eigenvalue weighted by Gasteiger charge is -2.28. The lowest BCUT2D eigenvalue weighted by Crippen LogP contribution is -2.40. The van der Waals surface area contributed by atoms with E-state index in [1.165, 1.54) is 5.56 Å². The van der Waals surface area contributed by atoms with Crippen LogP contribution in [0.4, 0.5) is 0 Å². The molecule has 5 nitrogen and oxygen atoms in total. The predicted molar refractivity (Wildman–Crippen MR) is 110 cm³/mol. The molecule has 0 aliphatic carbocycles. The summed E-state index contributed by atoms with van der Waals surface area (Å²) >= 11 is 0. The number of nitrogens with zero attached hydrogens (tertiary/aromatic N) is 3. The lowest BCUT2D eigenvalue weighted by molar-refractivity contribution is -0.133. The Labute approximate surface area is 166 Å². The molecule has 0 aliphatic heterocycles. The minimum atomic E-state index is 0.168. The predicted octanol–water partition coefficient (Wildman–Crippen LogP) is 4.54. The highest BCUT2D eigenvalue weighted by atomic mass is 16.5. The molecule has 0 aliphatic rings. The van der Waals surface area contributed by atoms with E-state index in [2.05, 4.69) is 36.1 Å². The zero-order valence-corrected chi connectivity index (χ0v) is 16.5. The van der Waals surface area contributed by atoms with Crippen LogP contribution in [0.5, 0.6) is 0 Å². The monoisotopic (exact) mass is 377 g/mol. The van der Waals surface area contributed by atoms with Crippen molar-refractivity contribution in [2.45, 2.75) is 45.6 Å². The Morgan fingerprint density at radius 1 is 1.04 bits per heavy atom. The van der Waals surface area contributed by atoms with E-state index in [9.17, 15) is 4.79 Å². The summed E-state index contributed by atoms with van der Waals surface area (Å²) in [5.74, 6) is 1.31. The Balaban J connectivity index is 1.59. The second-order valence-electron chi connectivity index (χ2n) is 6.96. The second-order valence-corrected chi connectivity index (χ2v) is 6.96. The van der Waals surface area contributed by atoms with Crippen molar-refractivity contribution >= 4 is 5.91 Å². The van der Waals surface area contributed by atoms with E-state index in [0.29, 0.717) is 31.1 Å². The summed E-state index contributed by atoms with van der Waals surface area (Å²) in [6, 6.07) is 20.1. The summed E-state index contributed by atoms with van der Waals surface area (Å²) in [7, 11) is 0. The van der Waals surface area contributed by atoms with Crippen LogP contribution in [-0.2, 0) is 17.6 Å². The Kier molecular flexibility index (Phi) is 6.95. The van der Waals surface area contributed by atoms with Gasteiger partial charge in [-0.25, -0.2) is 0 Å². The van der Waals surface area contributed by atoms with Gasteiger partial charge >= 0.3 is 0 Å². The van der Waals surface area contributed by atoms with Crippen molar-refractivity contribution in [3.63, 3.8) is 0 Å². The molecular weight excluding hydrogens is 350 g/mol. The average molecular weight is 377 g/mol. The van der Waals surface area contributed by atoms with E-state index in [4.69, 9.17) is 4.52 Å². The van der Waals surface area contributed by atoms with E-state index >= 15 is 0 Å². The summed E-state index contributed by atoms with van der Waals surface area (Å²) in [4.78, 5) is 19.2. The molecule has 0 unspecified atom stereocenters. The maximum absolute atomic E-state index is 12.8. The molecule has 0 bridgehead atoms. The first kappa shape index (κ1) is 19.8. The van der Waals surface area contributed by atoms with E-state index in [-0.39, 0.29) is 11.9 Å². The molecule has 0 radical (unpaired) electrons. The van der Waals surface area contributed by atoms with Crippen LogP contribution in [0.1, 0.15) is 38.1 Å². The topological polar surface area (TPSA) is 59.2 Å². The first-order valence-electron chi connectivity index (χ1n) is 9.88. The van der Waals surface area contributed by atoms with Crippen LogP contribution in [0.15, 0.2) is 65.2 Å². The number of hydrogen-bond donors (Lipinski definition) is 0. The van der Waals surface area contributed by atoms with E-state index < -0.39 is 0 Å². The summed E-state index contributed by atoms with van der Waals surface area (Å²) in [6.07, 6.45) is 2.73. The van der Waals surface area contributed by atoms with Gasteiger partial charge in [0.05, 0.1) is 0 Å². The average Bonchev–Trinajstić information content (AvgIpc) is 3.22. The van der Waals surface area contributed by atoms with Gasteiger partial charge < -0.3 is 9.42 Å². The molecular formula is C23H27N3O2. The third-order valence-electron chi connectivity index (χ3n) is 4.98. The molecule has 0 spiro atoms.